The monoisotopic (exact) mass is 250 g/mol. The summed E-state index contributed by atoms with van der Waals surface area (Å²) in [6.45, 7) is 11.3. The molecule has 1 rings (SSSR count). The van der Waals surface area contributed by atoms with Crippen molar-refractivity contribution in [3.05, 3.63) is 34.4 Å². The summed E-state index contributed by atoms with van der Waals surface area (Å²) in [7, 11) is 0. The Labute approximate surface area is 108 Å². The van der Waals surface area contributed by atoms with Crippen molar-refractivity contribution < 1.29 is 15.0 Å². The van der Waals surface area contributed by atoms with Gasteiger partial charge in [-0.3, -0.25) is 0 Å². The fourth-order valence-electron chi connectivity index (χ4n) is 2.27. The second-order valence-corrected chi connectivity index (χ2v) is 6.11. The molecule has 3 nitrogen and oxygen atoms in total. The molecule has 1 atom stereocenters. The zero-order chi connectivity index (χ0) is 14.3. The van der Waals surface area contributed by atoms with E-state index in [2.05, 4.69) is 20.8 Å². The minimum absolute atomic E-state index is 0.00311. The first kappa shape index (κ1) is 14.7. The number of carboxylic acid groups (broad SMARTS) is 1. The van der Waals surface area contributed by atoms with Crippen molar-refractivity contribution in [1.82, 2.24) is 0 Å². The number of hydrogen-bond acceptors (Lipinski definition) is 2. The molecule has 100 valence electrons. The quantitative estimate of drug-likeness (QED) is 0.848. The van der Waals surface area contributed by atoms with Crippen molar-refractivity contribution in [2.45, 2.75) is 52.6 Å². The van der Waals surface area contributed by atoms with E-state index in [1.165, 1.54) is 6.92 Å². The Morgan fingerprint density at radius 3 is 1.72 bits per heavy atom. The first-order valence-electron chi connectivity index (χ1n) is 6.06. The van der Waals surface area contributed by atoms with Gasteiger partial charge in [-0.05, 0) is 42.9 Å². The summed E-state index contributed by atoms with van der Waals surface area (Å²) in [5.74, 6) is -1.22. The number of carbonyl (C=O) groups is 1. The maximum absolute atomic E-state index is 11.2. The molecule has 18 heavy (non-hydrogen) atoms. The van der Waals surface area contributed by atoms with Crippen LogP contribution >= 0.6 is 0 Å². The number of aliphatic carboxylic acids is 1. The lowest BCUT2D eigenvalue weighted by atomic mass is 9.80. The van der Waals surface area contributed by atoms with Crippen molar-refractivity contribution in [2.24, 2.45) is 0 Å². The van der Waals surface area contributed by atoms with Gasteiger partial charge in [0.05, 0.1) is 0 Å². The summed E-state index contributed by atoms with van der Waals surface area (Å²) in [5.41, 5.74) is 1.42. The fraction of sp³-hybridized carbons (Fsp3) is 0.533. The summed E-state index contributed by atoms with van der Waals surface area (Å²) < 4.78 is 0. The molecule has 3 heteroatoms. The molecule has 0 aliphatic carbocycles. The zero-order valence-electron chi connectivity index (χ0n) is 12.0. The third kappa shape index (κ3) is 2.56. The van der Waals surface area contributed by atoms with Gasteiger partial charge in [0.25, 0.3) is 0 Å². The molecule has 0 saturated carbocycles. The first-order valence-corrected chi connectivity index (χ1v) is 6.06. The van der Waals surface area contributed by atoms with Crippen LogP contribution in [0.25, 0.3) is 0 Å². The van der Waals surface area contributed by atoms with E-state index < -0.39 is 11.6 Å². The summed E-state index contributed by atoms with van der Waals surface area (Å²) >= 11 is 0. The molecular weight excluding hydrogens is 228 g/mol. The van der Waals surface area contributed by atoms with Crippen molar-refractivity contribution in [3.63, 3.8) is 0 Å². The SMILES string of the molecule is Cc1cc(C(C)(C)C)cc(C)c1C(C)(O)C(=O)O. The Morgan fingerprint density at radius 1 is 1.06 bits per heavy atom. The van der Waals surface area contributed by atoms with Crippen LogP contribution in [-0.4, -0.2) is 16.2 Å². The van der Waals surface area contributed by atoms with E-state index in [1.807, 2.05) is 26.0 Å². The van der Waals surface area contributed by atoms with Crippen molar-refractivity contribution in [1.29, 1.82) is 0 Å². The summed E-state index contributed by atoms with van der Waals surface area (Å²) in [6.07, 6.45) is 0. The molecule has 1 unspecified atom stereocenters. The van der Waals surface area contributed by atoms with Gasteiger partial charge in [-0.15, -0.1) is 0 Å². The largest absolute Gasteiger partial charge is 0.479 e. The summed E-state index contributed by atoms with van der Waals surface area (Å²) in [6, 6.07) is 3.92. The number of hydrogen-bond donors (Lipinski definition) is 2. The molecule has 2 N–H and O–H groups in total. The van der Waals surface area contributed by atoms with Gasteiger partial charge in [0.1, 0.15) is 0 Å². The highest BCUT2D eigenvalue weighted by Crippen LogP contribution is 2.32. The lowest BCUT2D eigenvalue weighted by Crippen LogP contribution is -2.33. The van der Waals surface area contributed by atoms with E-state index in [0.717, 1.165) is 16.7 Å². The highest BCUT2D eigenvalue weighted by atomic mass is 16.4. The van der Waals surface area contributed by atoms with Gasteiger partial charge < -0.3 is 10.2 Å². The van der Waals surface area contributed by atoms with E-state index in [4.69, 9.17) is 5.11 Å². The van der Waals surface area contributed by atoms with Crippen LogP contribution in [-0.2, 0) is 15.8 Å². The zero-order valence-corrected chi connectivity index (χ0v) is 12.0. The van der Waals surface area contributed by atoms with Crippen LogP contribution in [0.2, 0.25) is 0 Å². The van der Waals surface area contributed by atoms with Gasteiger partial charge in [-0.2, -0.15) is 0 Å². The molecule has 1 aromatic rings. The van der Waals surface area contributed by atoms with E-state index in [1.54, 1.807) is 0 Å². The van der Waals surface area contributed by atoms with Gasteiger partial charge in [-0.25, -0.2) is 4.79 Å². The van der Waals surface area contributed by atoms with Gasteiger partial charge in [-0.1, -0.05) is 32.9 Å². The molecule has 0 aliphatic rings. The molecule has 0 amide bonds. The number of rotatable bonds is 2. The first-order chi connectivity index (χ1) is 7.98. The van der Waals surface area contributed by atoms with Crippen molar-refractivity contribution in [3.8, 4) is 0 Å². The molecule has 0 fully saturated rings. The maximum Gasteiger partial charge on any atom is 0.340 e. The van der Waals surface area contributed by atoms with Crippen LogP contribution in [0.4, 0.5) is 0 Å². The van der Waals surface area contributed by atoms with Crippen LogP contribution in [0.1, 0.15) is 49.9 Å². The Kier molecular flexibility index (Phi) is 3.59. The predicted molar refractivity (Wildman–Crippen MR) is 71.8 cm³/mol. The highest BCUT2D eigenvalue weighted by Gasteiger charge is 2.35. The second-order valence-electron chi connectivity index (χ2n) is 6.11. The van der Waals surface area contributed by atoms with Gasteiger partial charge in [0, 0.05) is 5.56 Å². The van der Waals surface area contributed by atoms with Crippen molar-refractivity contribution >= 4 is 5.97 Å². The Balaban J connectivity index is 3.48. The molecule has 0 heterocycles. The topological polar surface area (TPSA) is 57.5 Å². The van der Waals surface area contributed by atoms with E-state index in [0.29, 0.717) is 5.56 Å². The third-order valence-corrected chi connectivity index (χ3v) is 3.30. The second kappa shape index (κ2) is 4.39. The van der Waals surface area contributed by atoms with E-state index >= 15 is 0 Å². The molecule has 0 aromatic heterocycles. The van der Waals surface area contributed by atoms with E-state index in [9.17, 15) is 9.90 Å². The molecule has 1 aromatic carbocycles. The fourth-order valence-corrected chi connectivity index (χ4v) is 2.27. The molecule has 0 radical (unpaired) electrons. The molecular formula is C15H22O3. The molecule has 0 saturated heterocycles. The third-order valence-electron chi connectivity index (χ3n) is 3.30. The smallest absolute Gasteiger partial charge is 0.340 e. The van der Waals surface area contributed by atoms with Gasteiger partial charge >= 0.3 is 5.97 Å². The predicted octanol–water partition coefficient (Wildman–Crippen LogP) is 2.89. The number of aryl methyl sites for hydroxylation is 2. The lowest BCUT2D eigenvalue weighted by Gasteiger charge is -2.27. The standard InChI is InChI=1S/C15H22O3/c1-9-7-11(14(3,4)5)8-10(2)12(9)15(6,18)13(16)17/h7-8,18H,1-6H3,(H,16,17). The van der Waals surface area contributed by atoms with Crippen LogP contribution in [0.15, 0.2) is 12.1 Å². The van der Waals surface area contributed by atoms with Crippen molar-refractivity contribution in [2.75, 3.05) is 0 Å². The summed E-state index contributed by atoms with van der Waals surface area (Å²) in [4.78, 5) is 11.2. The normalized spacial score (nSPS) is 15.3. The lowest BCUT2D eigenvalue weighted by molar-refractivity contribution is -0.157. The average molecular weight is 250 g/mol. The highest BCUT2D eigenvalue weighted by molar-refractivity contribution is 5.79. The van der Waals surface area contributed by atoms with Crippen LogP contribution in [0, 0.1) is 13.8 Å². The number of benzene rings is 1. The molecule has 0 spiro atoms. The minimum atomic E-state index is -1.84. The Morgan fingerprint density at radius 2 is 1.44 bits per heavy atom. The average Bonchev–Trinajstić information content (AvgIpc) is 2.13. The minimum Gasteiger partial charge on any atom is -0.479 e. The number of aliphatic hydroxyl groups is 1. The van der Waals surface area contributed by atoms with Gasteiger partial charge in [0.15, 0.2) is 5.60 Å². The van der Waals surface area contributed by atoms with Crippen LogP contribution in [0.5, 0.6) is 0 Å². The van der Waals surface area contributed by atoms with E-state index in [-0.39, 0.29) is 5.41 Å². The Hall–Kier alpha value is -1.35. The van der Waals surface area contributed by atoms with Crippen LogP contribution in [0.3, 0.4) is 0 Å². The van der Waals surface area contributed by atoms with Crippen LogP contribution < -0.4 is 0 Å². The summed E-state index contributed by atoms with van der Waals surface area (Å²) in [5, 5.41) is 19.2. The maximum atomic E-state index is 11.2. The number of carboxylic acids is 1. The molecule has 0 aliphatic heterocycles. The van der Waals surface area contributed by atoms with Gasteiger partial charge in [0.2, 0.25) is 0 Å². The molecule has 0 bridgehead atoms. The Bertz CT molecular complexity index is 456.